The van der Waals surface area contributed by atoms with Crippen LogP contribution in [0.1, 0.15) is 69.6 Å². The molecule has 0 saturated heterocycles. The van der Waals surface area contributed by atoms with Gasteiger partial charge in [-0.2, -0.15) is 0 Å². The number of allylic oxidation sites excluding steroid dienone is 1. The molecular formula is C27H36NO2. The molecule has 0 aliphatic rings. The number of nitrogens with zero attached hydrogens (tertiary/aromatic N) is 1. The molecule has 1 radical (unpaired) electrons. The van der Waals surface area contributed by atoms with Crippen LogP contribution in [-0.4, -0.2) is 29.5 Å². The zero-order valence-electron chi connectivity index (χ0n) is 18.9. The van der Waals surface area contributed by atoms with Gasteiger partial charge in [0.05, 0.1) is 0 Å². The Balaban J connectivity index is 2.18. The summed E-state index contributed by atoms with van der Waals surface area (Å²) in [5, 5.41) is 0. The molecule has 1 atom stereocenters. The van der Waals surface area contributed by atoms with Crippen LogP contribution < -0.4 is 0 Å². The van der Waals surface area contributed by atoms with Gasteiger partial charge < -0.3 is 4.74 Å². The lowest BCUT2D eigenvalue weighted by Gasteiger charge is -2.32. The Morgan fingerprint density at radius 2 is 1.83 bits per heavy atom. The van der Waals surface area contributed by atoms with E-state index in [1.165, 1.54) is 5.56 Å². The van der Waals surface area contributed by atoms with Gasteiger partial charge in [-0.1, -0.05) is 54.6 Å². The largest absolute Gasteiger partial charge is 0.461 e. The SMILES string of the molecule is C=CCCC(=O)OCc1cc[c]c(C(CCN(C(C)C)C(C)C)c2ccccc2)c1. The number of hydrogen-bond acceptors (Lipinski definition) is 3. The van der Waals surface area contributed by atoms with Crippen LogP contribution in [0, 0.1) is 6.07 Å². The number of ether oxygens (including phenoxy) is 1. The van der Waals surface area contributed by atoms with Crippen LogP contribution in [0.4, 0.5) is 0 Å². The van der Waals surface area contributed by atoms with Gasteiger partial charge in [0.2, 0.25) is 0 Å². The van der Waals surface area contributed by atoms with Crippen molar-refractivity contribution >= 4 is 5.97 Å². The number of hydrogen-bond donors (Lipinski definition) is 0. The fourth-order valence-corrected chi connectivity index (χ4v) is 3.86. The second-order valence-corrected chi connectivity index (χ2v) is 8.32. The van der Waals surface area contributed by atoms with Gasteiger partial charge in [-0.05, 0) is 69.8 Å². The molecule has 0 saturated carbocycles. The summed E-state index contributed by atoms with van der Waals surface area (Å²) in [5.41, 5.74) is 3.44. The van der Waals surface area contributed by atoms with Crippen molar-refractivity contribution in [2.24, 2.45) is 0 Å². The summed E-state index contributed by atoms with van der Waals surface area (Å²) >= 11 is 0. The van der Waals surface area contributed by atoms with E-state index in [2.05, 4.69) is 81.6 Å². The third-order valence-electron chi connectivity index (χ3n) is 5.42. The Morgan fingerprint density at radius 3 is 2.47 bits per heavy atom. The summed E-state index contributed by atoms with van der Waals surface area (Å²) < 4.78 is 5.42. The first-order valence-corrected chi connectivity index (χ1v) is 11.0. The van der Waals surface area contributed by atoms with Crippen molar-refractivity contribution in [3.8, 4) is 0 Å². The molecule has 3 heteroatoms. The fourth-order valence-electron chi connectivity index (χ4n) is 3.86. The van der Waals surface area contributed by atoms with Crippen LogP contribution >= 0.6 is 0 Å². The predicted octanol–water partition coefficient (Wildman–Crippen LogP) is 6.14. The average molecular weight is 407 g/mol. The molecule has 30 heavy (non-hydrogen) atoms. The van der Waals surface area contributed by atoms with E-state index in [0.717, 1.165) is 24.1 Å². The second kappa shape index (κ2) is 12.3. The number of esters is 1. The molecule has 2 rings (SSSR count). The number of carbonyl (C=O) groups excluding carboxylic acids is 1. The quantitative estimate of drug-likeness (QED) is 0.313. The molecule has 0 heterocycles. The second-order valence-electron chi connectivity index (χ2n) is 8.32. The van der Waals surface area contributed by atoms with E-state index < -0.39 is 0 Å². The van der Waals surface area contributed by atoms with Crippen molar-refractivity contribution in [1.29, 1.82) is 0 Å². The Kier molecular flexibility index (Phi) is 9.82. The van der Waals surface area contributed by atoms with Crippen molar-refractivity contribution < 1.29 is 9.53 Å². The number of carbonyl (C=O) groups is 1. The van der Waals surface area contributed by atoms with E-state index in [0.29, 0.717) is 31.5 Å². The minimum Gasteiger partial charge on any atom is -0.461 e. The van der Waals surface area contributed by atoms with E-state index in [9.17, 15) is 4.79 Å². The normalized spacial score (nSPS) is 12.4. The van der Waals surface area contributed by atoms with Crippen LogP contribution in [0.3, 0.4) is 0 Å². The standard InChI is InChI=1S/C27H36NO2/c1-6-7-16-27(29)30-20-23-12-11-15-25(19-23)26(24-13-9-8-10-14-24)17-18-28(21(2)3)22(4)5/h6,8-14,19,21-22,26H,1,7,16-18,20H2,2-5H3. The fraction of sp³-hybridized carbons (Fsp3) is 0.444. The van der Waals surface area contributed by atoms with Gasteiger partial charge in [-0.25, -0.2) is 0 Å². The van der Waals surface area contributed by atoms with Crippen molar-refractivity contribution in [1.82, 2.24) is 4.90 Å². The lowest BCUT2D eigenvalue weighted by atomic mass is 9.87. The van der Waals surface area contributed by atoms with Crippen molar-refractivity contribution in [3.63, 3.8) is 0 Å². The van der Waals surface area contributed by atoms with Gasteiger partial charge in [-0.3, -0.25) is 9.69 Å². The van der Waals surface area contributed by atoms with Crippen LogP contribution in [0.15, 0.2) is 61.2 Å². The lowest BCUT2D eigenvalue weighted by molar-refractivity contribution is -0.144. The van der Waals surface area contributed by atoms with Gasteiger partial charge in [0, 0.05) is 24.4 Å². The Bertz CT molecular complexity index is 774. The van der Waals surface area contributed by atoms with Gasteiger partial charge in [-0.15, -0.1) is 6.58 Å². The molecule has 161 valence electrons. The molecule has 1 unspecified atom stereocenters. The van der Waals surface area contributed by atoms with Crippen LogP contribution in [-0.2, 0) is 16.1 Å². The molecule has 3 nitrogen and oxygen atoms in total. The smallest absolute Gasteiger partial charge is 0.306 e. The summed E-state index contributed by atoms with van der Waals surface area (Å²) in [7, 11) is 0. The summed E-state index contributed by atoms with van der Waals surface area (Å²) in [6.07, 6.45) is 3.77. The first kappa shape index (κ1) is 23.9. The van der Waals surface area contributed by atoms with Gasteiger partial charge in [0.1, 0.15) is 6.61 Å². The molecule has 0 bridgehead atoms. The van der Waals surface area contributed by atoms with E-state index in [-0.39, 0.29) is 11.9 Å². The van der Waals surface area contributed by atoms with Gasteiger partial charge >= 0.3 is 5.97 Å². The first-order chi connectivity index (χ1) is 14.4. The Morgan fingerprint density at radius 1 is 1.13 bits per heavy atom. The first-order valence-electron chi connectivity index (χ1n) is 11.0. The molecule has 0 aliphatic heterocycles. The van der Waals surface area contributed by atoms with Crippen molar-refractivity contribution in [2.75, 3.05) is 6.54 Å². The summed E-state index contributed by atoms with van der Waals surface area (Å²) in [4.78, 5) is 14.4. The molecule has 2 aromatic carbocycles. The van der Waals surface area contributed by atoms with Crippen LogP contribution in [0.25, 0.3) is 0 Å². The highest BCUT2D eigenvalue weighted by Gasteiger charge is 2.19. The monoisotopic (exact) mass is 406 g/mol. The van der Waals surface area contributed by atoms with Crippen molar-refractivity contribution in [3.05, 3.63) is 83.9 Å². The Hall–Kier alpha value is -2.39. The Labute approximate surface area is 182 Å². The van der Waals surface area contributed by atoms with Crippen LogP contribution in [0.2, 0.25) is 0 Å². The molecule has 0 N–H and O–H groups in total. The molecule has 0 aliphatic carbocycles. The summed E-state index contributed by atoms with van der Waals surface area (Å²) in [6.45, 7) is 14.0. The third-order valence-corrected chi connectivity index (χ3v) is 5.42. The van der Waals surface area contributed by atoms with E-state index in [4.69, 9.17) is 4.74 Å². The third kappa shape index (κ3) is 7.46. The molecule has 0 fully saturated rings. The maximum atomic E-state index is 11.8. The number of benzene rings is 2. The maximum Gasteiger partial charge on any atom is 0.306 e. The van der Waals surface area contributed by atoms with E-state index >= 15 is 0 Å². The zero-order valence-corrected chi connectivity index (χ0v) is 18.9. The highest BCUT2D eigenvalue weighted by atomic mass is 16.5. The predicted molar refractivity (Wildman–Crippen MR) is 124 cm³/mol. The summed E-state index contributed by atoms with van der Waals surface area (Å²) in [5.74, 6) is 0.0658. The molecular weight excluding hydrogens is 370 g/mol. The van der Waals surface area contributed by atoms with Gasteiger partial charge in [0.25, 0.3) is 0 Å². The molecule has 0 amide bonds. The maximum absolute atomic E-state index is 11.8. The zero-order chi connectivity index (χ0) is 21.9. The highest BCUT2D eigenvalue weighted by Crippen LogP contribution is 2.29. The topological polar surface area (TPSA) is 29.5 Å². The molecule has 0 spiro atoms. The number of rotatable bonds is 12. The minimum atomic E-state index is -0.187. The minimum absolute atomic E-state index is 0.187. The van der Waals surface area contributed by atoms with Crippen molar-refractivity contribution in [2.45, 2.75) is 71.6 Å². The van der Waals surface area contributed by atoms with Gasteiger partial charge in [0.15, 0.2) is 0 Å². The highest BCUT2D eigenvalue weighted by molar-refractivity contribution is 5.69. The average Bonchev–Trinajstić information content (AvgIpc) is 2.74. The summed E-state index contributed by atoms with van der Waals surface area (Å²) in [6, 6.07) is 21.1. The van der Waals surface area contributed by atoms with Crippen LogP contribution in [0.5, 0.6) is 0 Å². The molecule has 0 aromatic heterocycles. The lowest BCUT2D eigenvalue weighted by Crippen LogP contribution is -2.38. The van der Waals surface area contributed by atoms with E-state index in [1.807, 2.05) is 12.1 Å². The van der Waals surface area contributed by atoms with E-state index in [1.54, 1.807) is 6.08 Å². The molecule has 2 aromatic rings.